The number of aromatic nitrogens is 2. The maximum absolute atomic E-state index is 14.1. The van der Waals surface area contributed by atoms with Crippen LogP contribution in [0.2, 0.25) is 5.02 Å². The average Bonchev–Trinajstić information content (AvgIpc) is 2.96. The Kier molecular flexibility index (Phi) is 5.27. The molecule has 0 fully saturated rings. The number of amides is 1. The van der Waals surface area contributed by atoms with Crippen LogP contribution in [0.25, 0.3) is 11.5 Å². The van der Waals surface area contributed by atoms with Crippen molar-refractivity contribution in [3.05, 3.63) is 58.6 Å². The van der Waals surface area contributed by atoms with E-state index in [-0.39, 0.29) is 22.8 Å². The van der Waals surface area contributed by atoms with Crippen molar-refractivity contribution in [2.24, 2.45) is 0 Å². The Labute approximate surface area is 159 Å². The number of benzene rings is 1. The summed E-state index contributed by atoms with van der Waals surface area (Å²) in [7, 11) is 0. The highest BCUT2D eigenvalue weighted by Crippen LogP contribution is 2.32. The molecule has 9 heteroatoms. The molecule has 3 aromatic rings. The van der Waals surface area contributed by atoms with Gasteiger partial charge in [0, 0.05) is 16.7 Å². The Hall–Kier alpha value is -3.13. The Bertz CT molecular complexity index is 992. The molecule has 3 N–H and O–H groups in total. The molecule has 0 aliphatic heterocycles. The minimum Gasteiger partial charge on any atom is -0.441 e. The standard InChI is InChI=1S/C18H16ClFN4O3/c1-9-15(17(27-24-9)16-14(20)7-11(21)8-22-16)23-18(25)26-10(2)12-5-3-4-6-13(12)19/h3-8,10H,21H2,1-2H3,(H,23,25)/t10-/m1/s1. The number of rotatable bonds is 4. The molecule has 0 radical (unpaired) electrons. The van der Waals surface area contributed by atoms with E-state index >= 15 is 0 Å². The zero-order valence-corrected chi connectivity index (χ0v) is 15.2. The lowest BCUT2D eigenvalue weighted by Gasteiger charge is -2.15. The molecule has 1 aromatic carbocycles. The minimum absolute atomic E-state index is 0.0349. The summed E-state index contributed by atoms with van der Waals surface area (Å²) in [6.07, 6.45) is -0.0998. The fourth-order valence-corrected chi connectivity index (χ4v) is 2.75. The van der Waals surface area contributed by atoms with Gasteiger partial charge in [-0.05, 0) is 19.9 Å². The van der Waals surface area contributed by atoms with Gasteiger partial charge < -0.3 is 15.0 Å². The number of nitrogen functional groups attached to an aromatic ring is 1. The average molecular weight is 391 g/mol. The second-order valence-electron chi connectivity index (χ2n) is 5.77. The lowest BCUT2D eigenvalue weighted by atomic mass is 10.1. The van der Waals surface area contributed by atoms with Crippen molar-refractivity contribution in [3.8, 4) is 11.5 Å². The summed E-state index contributed by atoms with van der Waals surface area (Å²) in [6, 6.07) is 8.12. The van der Waals surface area contributed by atoms with Crippen LogP contribution < -0.4 is 11.1 Å². The number of hydrogen-bond acceptors (Lipinski definition) is 6. The number of anilines is 2. The lowest BCUT2D eigenvalue weighted by molar-refractivity contribution is 0.121. The first-order chi connectivity index (χ1) is 12.9. The fraction of sp³-hybridized carbons (Fsp3) is 0.167. The second kappa shape index (κ2) is 7.63. The number of nitrogens with two attached hydrogens (primary N) is 1. The molecule has 0 unspecified atom stereocenters. The number of carbonyl (C=O) groups excluding carboxylic acids is 1. The normalized spacial score (nSPS) is 11.9. The summed E-state index contributed by atoms with van der Waals surface area (Å²) in [5, 5.41) is 6.76. The van der Waals surface area contributed by atoms with Gasteiger partial charge in [-0.1, -0.05) is 35.0 Å². The molecule has 3 rings (SSSR count). The first-order valence-corrected chi connectivity index (χ1v) is 8.34. The van der Waals surface area contributed by atoms with Crippen molar-refractivity contribution in [2.75, 3.05) is 11.1 Å². The predicted octanol–water partition coefficient (Wildman–Crippen LogP) is 4.73. The molecular formula is C18H16ClFN4O3. The zero-order chi connectivity index (χ0) is 19.6. The number of ether oxygens (including phenoxy) is 1. The van der Waals surface area contributed by atoms with Gasteiger partial charge in [0.15, 0.2) is 5.82 Å². The molecule has 0 saturated carbocycles. The topological polar surface area (TPSA) is 103 Å². The van der Waals surface area contributed by atoms with E-state index in [0.717, 1.165) is 6.07 Å². The van der Waals surface area contributed by atoms with Crippen LogP contribution >= 0.6 is 11.6 Å². The monoisotopic (exact) mass is 390 g/mol. The van der Waals surface area contributed by atoms with E-state index in [0.29, 0.717) is 16.3 Å². The largest absolute Gasteiger partial charge is 0.441 e. The third-order valence-electron chi connectivity index (χ3n) is 3.79. The smallest absolute Gasteiger partial charge is 0.412 e. The van der Waals surface area contributed by atoms with Crippen molar-refractivity contribution < 1.29 is 18.4 Å². The Balaban J connectivity index is 1.81. The van der Waals surface area contributed by atoms with Gasteiger partial charge in [0.05, 0.1) is 11.9 Å². The lowest BCUT2D eigenvalue weighted by Crippen LogP contribution is -2.17. The summed E-state index contributed by atoms with van der Waals surface area (Å²) in [6.45, 7) is 3.28. The van der Waals surface area contributed by atoms with Gasteiger partial charge in [-0.2, -0.15) is 0 Å². The number of halogens is 2. The molecule has 0 saturated heterocycles. The highest BCUT2D eigenvalue weighted by atomic mass is 35.5. The molecule has 140 valence electrons. The maximum atomic E-state index is 14.1. The van der Waals surface area contributed by atoms with Gasteiger partial charge in [-0.3, -0.25) is 5.32 Å². The second-order valence-corrected chi connectivity index (χ2v) is 6.17. The molecule has 7 nitrogen and oxygen atoms in total. The van der Waals surface area contributed by atoms with Gasteiger partial charge in [0.2, 0.25) is 5.76 Å². The first-order valence-electron chi connectivity index (χ1n) is 7.96. The highest BCUT2D eigenvalue weighted by Gasteiger charge is 2.23. The van der Waals surface area contributed by atoms with E-state index < -0.39 is 18.0 Å². The van der Waals surface area contributed by atoms with Crippen LogP contribution in [0.15, 0.2) is 41.1 Å². The molecule has 2 aromatic heterocycles. The maximum Gasteiger partial charge on any atom is 0.412 e. The molecule has 27 heavy (non-hydrogen) atoms. The summed E-state index contributed by atoms with van der Waals surface area (Å²) in [4.78, 5) is 16.2. The first kappa shape index (κ1) is 18.7. The molecule has 0 bridgehead atoms. The molecule has 0 aliphatic rings. The van der Waals surface area contributed by atoms with Crippen LogP contribution in [0, 0.1) is 12.7 Å². The number of hydrogen-bond donors (Lipinski definition) is 2. The van der Waals surface area contributed by atoms with Crippen LogP contribution in [0.5, 0.6) is 0 Å². The van der Waals surface area contributed by atoms with Crippen LogP contribution in [0.1, 0.15) is 24.3 Å². The van der Waals surface area contributed by atoms with Crippen LogP contribution in [-0.4, -0.2) is 16.2 Å². The van der Waals surface area contributed by atoms with E-state index in [1.165, 1.54) is 6.20 Å². The molecular weight excluding hydrogens is 375 g/mol. The van der Waals surface area contributed by atoms with Crippen molar-refractivity contribution in [1.82, 2.24) is 10.1 Å². The molecule has 0 aliphatic carbocycles. The Morgan fingerprint density at radius 1 is 1.41 bits per heavy atom. The summed E-state index contributed by atoms with van der Waals surface area (Å²) < 4.78 is 24.6. The Morgan fingerprint density at radius 3 is 2.85 bits per heavy atom. The van der Waals surface area contributed by atoms with Gasteiger partial charge in [-0.25, -0.2) is 14.2 Å². The zero-order valence-electron chi connectivity index (χ0n) is 14.5. The number of nitrogens with zero attached hydrogens (tertiary/aromatic N) is 2. The van der Waals surface area contributed by atoms with E-state index in [9.17, 15) is 9.18 Å². The van der Waals surface area contributed by atoms with E-state index in [4.69, 9.17) is 26.6 Å². The third kappa shape index (κ3) is 4.01. The number of nitrogens with one attached hydrogen (secondary N) is 1. The Morgan fingerprint density at radius 2 is 2.15 bits per heavy atom. The van der Waals surface area contributed by atoms with Crippen LogP contribution in [-0.2, 0) is 4.74 Å². The molecule has 1 atom stereocenters. The van der Waals surface area contributed by atoms with Crippen molar-refractivity contribution in [1.29, 1.82) is 0 Å². The molecule has 0 spiro atoms. The van der Waals surface area contributed by atoms with Crippen molar-refractivity contribution in [3.63, 3.8) is 0 Å². The van der Waals surface area contributed by atoms with Gasteiger partial charge >= 0.3 is 6.09 Å². The third-order valence-corrected chi connectivity index (χ3v) is 4.14. The summed E-state index contributed by atoms with van der Waals surface area (Å²) in [5.41, 5.74) is 6.69. The SMILES string of the molecule is Cc1noc(-c2ncc(N)cc2F)c1NC(=O)O[C@H](C)c1ccccc1Cl. The number of aryl methyl sites for hydroxylation is 1. The van der Waals surface area contributed by atoms with Gasteiger partial charge in [0.25, 0.3) is 0 Å². The van der Waals surface area contributed by atoms with Crippen molar-refractivity contribution in [2.45, 2.75) is 20.0 Å². The quantitative estimate of drug-likeness (QED) is 0.667. The predicted molar refractivity (Wildman–Crippen MR) is 98.8 cm³/mol. The summed E-state index contributed by atoms with van der Waals surface area (Å²) in [5.74, 6) is -0.737. The number of pyridine rings is 1. The highest BCUT2D eigenvalue weighted by molar-refractivity contribution is 6.31. The summed E-state index contributed by atoms with van der Waals surface area (Å²) >= 11 is 6.11. The van der Waals surface area contributed by atoms with Crippen molar-refractivity contribution >= 4 is 29.1 Å². The van der Waals surface area contributed by atoms with E-state index in [2.05, 4.69) is 15.5 Å². The molecule has 2 heterocycles. The van der Waals surface area contributed by atoms with E-state index in [1.807, 2.05) is 0 Å². The fourth-order valence-electron chi connectivity index (χ4n) is 2.46. The van der Waals surface area contributed by atoms with Gasteiger partial charge in [-0.15, -0.1) is 0 Å². The van der Waals surface area contributed by atoms with Crippen LogP contribution in [0.4, 0.5) is 20.6 Å². The van der Waals surface area contributed by atoms with Crippen LogP contribution in [0.3, 0.4) is 0 Å². The molecule has 1 amide bonds. The number of carbonyl (C=O) groups is 1. The van der Waals surface area contributed by atoms with Gasteiger partial charge in [0.1, 0.15) is 23.2 Å². The van der Waals surface area contributed by atoms with E-state index in [1.54, 1.807) is 38.1 Å². The minimum atomic E-state index is -0.772.